The van der Waals surface area contributed by atoms with E-state index in [1.54, 1.807) is 0 Å². The third kappa shape index (κ3) is 1.51. The predicted molar refractivity (Wildman–Crippen MR) is 37.7 cm³/mol. The number of rotatable bonds is 1. The molecule has 0 aromatic carbocycles. The van der Waals surface area contributed by atoms with Gasteiger partial charge in [-0.15, -0.1) is 0 Å². The van der Waals surface area contributed by atoms with Crippen molar-refractivity contribution in [2.45, 2.75) is 0 Å². The highest BCUT2D eigenvalue weighted by atomic mass is 32.1. The quantitative estimate of drug-likeness (QED) is 0.530. The zero-order chi connectivity index (χ0) is 8.65. The number of thiazole rings is 1. The Morgan fingerprint density at radius 2 is 2.09 bits per heavy atom. The maximum atomic E-state index is 10.6. The molecule has 0 aliphatic carbocycles. The lowest BCUT2D eigenvalue weighted by Crippen LogP contribution is -2.09. The second-order valence-corrected chi connectivity index (χ2v) is 3.93. The zero-order valence-corrected chi connectivity index (χ0v) is 6.75. The Labute approximate surface area is 64.6 Å². The highest BCUT2D eigenvalue weighted by Crippen LogP contribution is 2.39. The molecule has 0 saturated carbocycles. The van der Waals surface area contributed by atoms with Gasteiger partial charge in [-0.25, -0.2) is 4.57 Å². The van der Waals surface area contributed by atoms with Crippen molar-refractivity contribution in [3.63, 3.8) is 0 Å². The summed E-state index contributed by atoms with van der Waals surface area (Å²) >= 11 is 0.523. The Kier molecular flexibility index (Phi) is 1.89. The first-order valence-electron chi connectivity index (χ1n) is 2.39. The predicted octanol–water partition coefficient (Wildman–Crippen LogP) is -0.444. The van der Waals surface area contributed by atoms with Gasteiger partial charge in [0.1, 0.15) is 0 Å². The van der Waals surface area contributed by atoms with Crippen LogP contribution in [-0.2, 0) is 4.57 Å². The lowest BCUT2D eigenvalue weighted by molar-refractivity contribution is 0.346. The molecule has 3 N–H and O–H groups in total. The molecule has 0 fully saturated rings. The minimum Gasteiger partial charge on any atom is -0.493 e. The van der Waals surface area contributed by atoms with E-state index in [1.807, 2.05) is 0 Å². The molecule has 6 nitrogen and oxygen atoms in total. The van der Waals surface area contributed by atoms with Crippen LogP contribution in [0, 0.1) is 0 Å². The van der Waals surface area contributed by atoms with Crippen LogP contribution >= 0.6 is 19.1 Å². The molecule has 0 spiro atoms. The normalized spacial score (nSPS) is 11.8. The minimum atomic E-state index is -4.68. The van der Waals surface area contributed by atoms with Crippen molar-refractivity contribution < 1.29 is 19.5 Å². The van der Waals surface area contributed by atoms with Gasteiger partial charge in [0.2, 0.25) is 5.88 Å². The summed E-state index contributed by atoms with van der Waals surface area (Å²) in [4.78, 5) is 26.7. The number of nitrogens with zero attached hydrogens (tertiary/aromatic N) is 1. The molecule has 0 bridgehead atoms. The van der Waals surface area contributed by atoms with Crippen molar-refractivity contribution in [1.82, 2.24) is 4.34 Å². The first-order valence-corrected chi connectivity index (χ1v) is 4.83. The van der Waals surface area contributed by atoms with E-state index in [9.17, 15) is 9.36 Å². The Balaban J connectivity index is 3.45. The van der Waals surface area contributed by atoms with Gasteiger partial charge in [0.15, 0.2) is 0 Å². The summed E-state index contributed by atoms with van der Waals surface area (Å²) in [7, 11) is -4.68. The van der Waals surface area contributed by atoms with Crippen molar-refractivity contribution in [2.75, 3.05) is 0 Å². The number of aromatic hydroxyl groups is 1. The van der Waals surface area contributed by atoms with Gasteiger partial charge >= 0.3 is 12.6 Å². The van der Waals surface area contributed by atoms with Crippen molar-refractivity contribution in [3.8, 4) is 5.88 Å². The fourth-order valence-corrected chi connectivity index (χ4v) is 2.12. The van der Waals surface area contributed by atoms with E-state index >= 15 is 0 Å². The van der Waals surface area contributed by atoms with Gasteiger partial charge in [0.05, 0.1) is 5.38 Å². The second kappa shape index (κ2) is 2.46. The molecule has 1 heterocycles. The van der Waals surface area contributed by atoms with Gasteiger partial charge in [-0.1, -0.05) is 11.3 Å². The van der Waals surface area contributed by atoms with Crippen LogP contribution in [0.3, 0.4) is 0 Å². The summed E-state index contributed by atoms with van der Waals surface area (Å²) < 4.78 is 10.5. The first-order chi connectivity index (χ1) is 4.93. The molecular weight excluding hydrogens is 193 g/mol. The Morgan fingerprint density at radius 1 is 1.55 bits per heavy atom. The van der Waals surface area contributed by atoms with Crippen LogP contribution in [0.25, 0.3) is 0 Å². The molecule has 8 heteroatoms. The van der Waals surface area contributed by atoms with Crippen molar-refractivity contribution in [3.05, 3.63) is 15.0 Å². The maximum absolute atomic E-state index is 10.6. The number of aromatic nitrogens is 1. The van der Waals surface area contributed by atoms with Crippen molar-refractivity contribution in [1.29, 1.82) is 0 Å². The van der Waals surface area contributed by atoms with Gasteiger partial charge in [0, 0.05) is 0 Å². The Morgan fingerprint density at radius 3 is 2.27 bits per heavy atom. The lowest BCUT2D eigenvalue weighted by atomic mass is 10.9. The largest absolute Gasteiger partial charge is 0.493 e. The second-order valence-electron chi connectivity index (χ2n) is 1.68. The van der Waals surface area contributed by atoms with Crippen molar-refractivity contribution >= 4 is 19.1 Å². The molecule has 1 aromatic heterocycles. The molecule has 0 aliphatic rings. The highest BCUT2D eigenvalue weighted by Gasteiger charge is 2.22. The maximum Gasteiger partial charge on any atom is 0.440 e. The molecule has 1 rings (SSSR count). The van der Waals surface area contributed by atoms with Crippen molar-refractivity contribution in [2.24, 2.45) is 0 Å². The molecule has 0 radical (unpaired) electrons. The molecule has 0 unspecified atom stereocenters. The smallest absolute Gasteiger partial charge is 0.440 e. The molecule has 0 atom stereocenters. The SMILES string of the molecule is O=c1scc(O)n1P(=O)(O)O. The van der Waals surface area contributed by atoms with Gasteiger partial charge in [-0.3, -0.25) is 4.79 Å². The van der Waals surface area contributed by atoms with E-state index in [-0.39, 0.29) is 4.34 Å². The summed E-state index contributed by atoms with van der Waals surface area (Å²) in [6, 6.07) is 0. The Bertz CT molecular complexity index is 360. The summed E-state index contributed by atoms with van der Waals surface area (Å²) in [5.41, 5.74) is 0. The van der Waals surface area contributed by atoms with Crippen LogP contribution in [0.4, 0.5) is 0 Å². The highest BCUT2D eigenvalue weighted by molar-refractivity contribution is 7.50. The molecule has 0 amide bonds. The average Bonchev–Trinajstić information content (AvgIpc) is 2.08. The van der Waals surface area contributed by atoms with E-state index in [0.29, 0.717) is 11.3 Å². The minimum absolute atomic E-state index is 0.0394. The van der Waals surface area contributed by atoms with E-state index in [0.717, 1.165) is 5.38 Å². The van der Waals surface area contributed by atoms with Crippen LogP contribution in [-0.4, -0.2) is 19.2 Å². The molecule has 62 valence electrons. The molecule has 0 saturated heterocycles. The van der Waals surface area contributed by atoms with E-state index in [2.05, 4.69) is 0 Å². The third-order valence-electron chi connectivity index (χ3n) is 0.916. The van der Waals surface area contributed by atoms with E-state index < -0.39 is 18.5 Å². The van der Waals surface area contributed by atoms with Crippen LogP contribution in [0.5, 0.6) is 5.88 Å². The Hall–Kier alpha value is -0.620. The van der Waals surface area contributed by atoms with E-state index in [4.69, 9.17) is 14.9 Å². The standard InChI is InChI=1S/C3H4NO5PS/c5-2-1-11-3(6)4(2)10(7,8)9/h1,5H,(H2,7,8,9). The molecule has 11 heavy (non-hydrogen) atoms. The van der Waals surface area contributed by atoms with Gasteiger partial charge in [0.25, 0.3) is 0 Å². The fourth-order valence-electron chi connectivity index (χ4n) is 0.536. The van der Waals surface area contributed by atoms with Crippen LogP contribution in [0.15, 0.2) is 10.2 Å². The molecule has 0 aliphatic heterocycles. The van der Waals surface area contributed by atoms with Crippen LogP contribution < -0.4 is 4.87 Å². The first kappa shape index (κ1) is 8.48. The van der Waals surface area contributed by atoms with Gasteiger partial charge in [-0.2, -0.15) is 4.34 Å². The summed E-state index contributed by atoms with van der Waals surface area (Å²) in [6.45, 7) is 0. The summed E-state index contributed by atoms with van der Waals surface area (Å²) in [5, 5.41) is 9.71. The summed E-state index contributed by atoms with van der Waals surface area (Å²) in [5.74, 6) is -0.715. The van der Waals surface area contributed by atoms with Crippen LogP contribution in [0.2, 0.25) is 0 Å². The lowest BCUT2D eigenvalue weighted by Gasteiger charge is -2.02. The molecule has 1 aromatic rings. The van der Waals surface area contributed by atoms with E-state index in [1.165, 1.54) is 0 Å². The van der Waals surface area contributed by atoms with Gasteiger partial charge < -0.3 is 14.9 Å². The zero-order valence-electron chi connectivity index (χ0n) is 5.04. The fraction of sp³-hybridized carbons (Fsp3) is 0. The van der Waals surface area contributed by atoms with Crippen LogP contribution in [0.1, 0.15) is 0 Å². The average molecular weight is 197 g/mol. The van der Waals surface area contributed by atoms with Gasteiger partial charge in [-0.05, 0) is 0 Å². The number of hydrogen-bond acceptors (Lipinski definition) is 4. The summed E-state index contributed by atoms with van der Waals surface area (Å²) in [6.07, 6.45) is 0. The monoisotopic (exact) mass is 197 g/mol. The molecular formula is C3H4NO5PS. The number of hydrogen-bond donors (Lipinski definition) is 3. The third-order valence-corrected chi connectivity index (χ3v) is 2.67. The topological polar surface area (TPSA) is 99.8 Å².